The SMILES string of the molecule is CCCC(C#N)(CCC)C(=O)NCC(CC)CCO. The Morgan fingerprint density at radius 3 is 2.26 bits per heavy atom. The number of nitriles is 1. The number of nitrogens with one attached hydrogen (secondary N) is 1. The van der Waals surface area contributed by atoms with Gasteiger partial charge in [0.2, 0.25) is 5.91 Å². The van der Waals surface area contributed by atoms with Crippen molar-refractivity contribution in [1.82, 2.24) is 5.32 Å². The second-order valence-electron chi connectivity index (χ2n) is 5.19. The lowest BCUT2D eigenvalue weighted by atomic mass is 9.79. The molecule has 0 aromatic carbocycles. The number of carbonyl (C=O) groups excluding carboxylic acids is 1. The summed E-state index contributed by atoms with van der Waals surface area (Å²) in [4.78, 5) is 12.3. The number of hydrogen-bond donors (Lipinski definition) is 2. The molecule has 2 N–H and O–H groups in total. The van der Waals surface area contributed by atoms with E-state index in [9.17, 15) is 10.1 Å². The maximum absolute atomic E-state index is 12.3. The van der Waals surface area contributed by atoms with Crippen LogP contribution in [0, 0.1) is 22.7 Å². The Kier molecular flexibility index (Phi) is 9.24. The van der Waals surface area contributed by atoms with Crippen molar-refractivity contribution >= 4 is 5.91 Å². The molecular formula is C15H28N2O2. The van der Waals surface area contributed by atoms with E-state index < -0.39 is 5.41 Å². The largest absolute Gasteiger partial charge is 0.396 e. The molecule has 19 heavy (non-hydrogen) atoms. The van der Waals surface area contributed by atoms with E-state index in [0.29, 0.717) is 25.8 Å². The van der Waals surface area contributed by atoms with Gasteiger partial charge in [-0.25, -0.2) is 0 Å². The summed E-state index contributed by atoms with van der Waals surface area (Å²) in [5.74, 6) is 0.142. The van der Waals surface area contributed by atoms with E-state index >= 15 is 0 Å². The molecule has 1 atom stereocenters. The van der Waals surface area contributed by atoms with Crippen molar-refractivity contribution in [3.8, 4) is 6.07 Å². The predicted octanol–water partition coefficient (Wildman–Crippen LogP) is 2.62. The van der Waals surface area contributed by atoms with Gasteiger partial charge in [0.1, 0.15) is 5.41 Å². The van der Waals surface area contributed by atoms with Gasteiger partial charge in [0.25, 0.3) is 0 Å². The summed E-state index contributed by atoms with van der Waals surface area (Å²) in [5, 5.41) is 21.2. The maximum atomic E-state index is 12.3. The number of nitrogens with zero attached hydrogens (tertiary/aromatic N) is 1. The molecule has 0 saturated carbocycles. The number of aliphatic hydroxyl groups is 1. The number of hydrogen-bond acceptors (Lipinski definition) is 3. The molecule has 0 aromatic rings. The molecule has 0 heterocycles. The van der Waals surface area contributed by atoms with Crippen LogP contribution < -0.4 is 5.32 Å². The molecule has 1 amide bonds. The Labute approximate surface area is 117 Å². The van der Waals surface area contributed by atoms with Crippen molar-refractivity contribution in [1.29, 1.82) is 5.26 Å². The summed E-state index contributed by atoms with van der Waals surface area (Å²) in [6, 6.07) is 2.23. The summed E-state index contributed by atoms with van der Waals surface area (Å²) in [6.07, 6.45) is 4.49. The van der Waals surface area contributed by atoms with Crippen LogP contribution in [0.5, 0.6) is 0 Å². The van der Waals surface area contributed by atoms with E-state index in [1.54, 1.807) is 0 Å². The Morgan fingerprint density at radius 1 is 1.32 bits per heavy atom. The van der Waals surface area contributed by atoms with Gasteiger partial charge in [-0.3, -0.25) is 4.79 Å². The molecule has 0 saturated heterocycles. The minimum Gasteiger partial charge on any atom is -0.396 e. The summed E-state index contributed by atoms with van der Waals surface area (Å²) >= 11 is 0. The highest BCUT2D eigenvalue weighted by atomic mass is 16.3. The van der Waals surface area contributed by atoms with Crippen LogP contribution in [0.2, 0.25) is 0 Å². The van der Waals surface area contributed by atoms with Crippen LogP contribution in [0.3, 0.4) is 0 Å². The van der Waals surface area contributed by atoms with Gasteiger partial charge in [-0.15, -0.1) is 0 Å². The summed E-state index contributed by atoms with van der Waals surface area (Å²) in [5.41, 5.74) is -0.874. The number of amides is 1. The highest BCUT2D eigenvalue weighted by molar-refractivity contribution is 5.85. The van der Waals surface area contributed by atoms with E-state index in [1.807, 2.05) is 20.8 Å². The Balaban J connectivity index is 4.60. The van der Waals surface area contributed by atoms with E-state index in [0.717, 1.165) is 19.3 Å². The van der Waals surface area contributed by atoms with Gasteiger partial charge in [0.15, 0.2) is 0 Å². The Bertz CT molecular complexity index is 291. The van der Waals surface area contributed by atoms with Crippen LogP contribution in [0.4, 0.5) is 0 Å². The van der Waals surface area contributed by atoms with Crippen molar-refractivity contribution < 1.29 is 9.90 Å². The first-order valence-corrected chi connectivity index (χ1v) is 7.40. The summed E-state index contributed by atoms with van der Waals surface area (Å²) < 4.78 is 0. The smallest absolute Gasteiger partial charge is 0.240 e. The third kappa shape index (κ3) is 5.61. The standard InChI is InChI=1S/C15H28N2O2/c1-4-8-15(12-16,9-5-2)14(19)17-11-13(6-3)7-10-18/h13,18H,4-11H2,1-3H3,(H,17,19). The van der Waals surface area contributed by atoms with Gasteiger partial charge < -0.3 is 10.4 Å². The molecule has 0 aliphatic heterocycles. The van der Waals surface area contributed by atoms with Crippen LogP contribution >= 0.6 is 0 Å². The quantitative estimate of drug-likeness (QED) is 0.639. The van der Waals surface area contributed by atoms with Crippen molar-refractivity contribution in [2.75, 3.05) is 13.2 Å². The fourth-order valence-electron chi connectivity index (χ4n) is 2.41. The first-order chi connectivity index (χ1) is 9.10. The fourth-order valence-corrected chi connectivity index (χ4v) is 2.41. The van der Waals surface area contributed by atoms with Crippen molar-refractivity contribution in [3.05, 3.63) is 0 Å². The summed E-state index contributed by atoms with van der Waals surface area (Å²) in [6.45, 7) is 6.72. The van der Waals surface area contributed by atoms with Gasteiger partial charge in [0, 0.05) is 13.2 Å². The van der Waals surface area contributed by atoms with Gasteiger partial charge in [-0.1, -0.05) is 40.0 Å². The zero-order valence-corrected chi connectivity index (χ0v) is 12.5. The minimum atomic E-state index is -0.874. The zero-order chi connectivity index (χ0) is 14.7. The third-order valence-electron chi connectivity index (χ3n) is 3.67. The first-order valence-electron chi connectivity index (χ1n) is 7.40. The minimum absolute atomic E-state index is 0.141. The first kappa shape index (κ1) is 17.9. The van der Waals surface area contributed by atoms with Crippen LogP contribution in [0.1, 0.15) is 59.3 Å². The van der Waals surface area contributed by atoms with Crippen LogP contribution in [-0.4, -0.2) is 24.2 Å². The van der Waals surface area contributed by atoms with Gasteiger partial charge >= 0.3 is 0 Å². The Hall–Kier alpha value is -1.08. The second kappa shape index (κ2) is 9.80. The number of rotatable bonds is 10. The van der Waals surface area contributed by atoms with Crippen LogP contribution in [-0.2, 0) is 4.79 Å². The molecule has 4 heteroatoms. The fraction of sp³-hybridized carbons (Fsp3) is 0.867. The van der Waals surface area contributed by atoms with E-state index in [-0.39, 0.29) is 18.4 Å². The lowest BCUT2D eigenvalue weighted by molar-refractivity contribution is -0.129. The Morgan fingerprint density at radius 2 is 1.89 bits per heavy atom. The lowest BCUT2D eigenvalue weighted by Gasteiger charge is -2.26. The van der Waals surface area contributed by atoms with Crippen LogP contribution in [0.15, 0.2) is 0 Å². The van der Waals surface area contributed by atoms with Crippen molar-refractivity contribution in [2.24, 2.45) is 11.3 Å². The maximum Gasteiger partial charge on any atom is 0.240 e. The highest BCUT2D eigenvalue weighted by Crippen LogP contribution is 2.29. The monoisotopic (exact) mass is 268 g/mol. The lowest BCUT2D eigenvalue weighted by Crippen LogP contribution is -2.42. The van der Waals surface area contributed by atoms with Gasteiger partial charge in [-0.2, -0.15) is 5.26 Å². The molecule has 0 bridgehead atoms. The second-order valence-corrected chi connectivity index (χ2v) is 5.19. The molecule has 0 spiro atoms. The van der Waals surface area contributed by atoms with Crippen LogP contribution in [0.25, 0.3) is 0 Å². The molecule has 0 aromatic heterocycles. The van der Waals surface area contributed by atoms with Crippen molar-refractivity contribution in [3.63, 3.8) is 0 Å². The van der Waals surface area contributed by atoms with E-state index in [1.165, 1.54) is 0 Å². The molecule has 0 aliphatic carbocycles. The molecule has 0 fully saturated rings. The van der Waals surface area contributed by atoms with Gasteiger partial charge in [-0.05, 0) is 25.2 Å². The molecule has 0 radical (unpaired) electrons. The third-order valence-corrected chi connectivity index (χ3v) is 3.67. The molecule has 0 aliphatic rings. The normalized spacial score (nSPS) is 12.8. The number of aliphatic hydroxyl groups excluding tert-OH is 1. The van der Waals surface area contributed by atoms with Gasteiger partial charge in [0.05, 0.1) is 6.07 Å². The molecule has 0 rings (SSSR count). The van der Waals surface area contributed by atoms with E-state index in [4.69, 9.17) is 5.11 Å². The molecule has 1 unspecified atom stereocenters. The average molecular weight is 268 g/mol. The van der Waals surface area contributed by atoms with Crippen molar-refractivity contribution in [2.45, 2.75) is 59.3 Å². The zero-order valence-electron chi connectivity index (χ0n) is 12.5. The molecule has 4 nitrogen and oxygen atoms in total. The average Bonchev–Trinajstić information content (AvgIpc) is 2.42. The predicted molar refractivity (Wildman–Crippen MR) is 76.4 cm³/mol. The number of carbonyl (C=O) groups is 1. The molecular weight excluding hydrogens is 240 g/mol. The topological polar surface area (TPSA) is 73.1 Å². The van der Waals surface area contributed by atoms with E-state index in [2.05, 4.69) is 11.4 Å². The molecule has 110 valence electrons. The summed E-state index contributed by atoms with van der Waals surface area (Å²) in [7, 11) is 0. The highest BCUT2D eigenvalue weighted by Gasteiger charge is 2.36.